The molecule has 0 aromatic carbocycles. The molecule has 4 N–H and O–H groups in total. The minimum Gasteiger partial charge on any atom is -0.347 e. The van der Waals surface area contributed by atoms with E-state index >= 15 is 0 Å². The largest absolute Gasteiger partial charge is 0.347 e. The molecule has 1 aromatic heterocycles. The highest BCUT2D eigenvalue weighted by Gasteiger charge is 2.15. The number of likely N-dealkylation sites (N-methyl/N-ethyl adjacent to an activating group) is 1. The SMILES string of the molecule is CNCC(=O)NC(C)c1cc(C(=O)NO)sn1. The summed E-state index contributed by atoms with van der Waals surface area (Å²) in [6.07, 6.45) is 0. The lowest BCUT2D eigenvalue weighted by Crippen LogP contribution is -2.34. The van der Waals surface area contributed by atoms with Crippen LogP contribution in [0.15, 0.2) is 6.07 Å². The number of hydrogen-bond acceptors (Lipinski definition) is 6. The van der Waals surface area contributed by atoms with Crippen LogP contribution in [0.3, 0.4) is 0 Å². The molecule has 0 fully saturated rings. The Balaban J connectivity index is 2.63. The van der Waals surface area contributed by atoms with Gasteiger partial charge in [-0.15, -0.1) is 0 Å². The smallest absolute Gasteiger partial charge is 0.286 e. The van der Waals surface area contributed by atoms with Gasteiger partial charge in [0.1, 0.15) is 4.88 Å². The lowest BCUT2D eigenvalue weighted by molar-refractivity contribution is -0.120. The number of carbonyl (C=O) groups is 2. The Hall–Kier alpha value is -1.51. The molecule has 1 aromatic rings. The summed E-state index contributed by atoms with van der Waals surface area (Å²) in [5, 5.41) is 13.9. The molecule has 0 radical (unpaired) electrons. The van der Waals surface area contributed by atoms with Crippen molar-refractivity contribution in [2.45, 2.75) is 13.0 Å². The van der Waals surface area contributed by atoms with E-state index in [0.29, 0.717) is 5.69 Å². The fourth-order valence-corrected chi connectivity index (χ4v) is 1.90. The van der Waals surface area contributed by atoms with Gasteiger partial charge in [-0.05, 0) is 31.6 Å². The van der Waals surface area contributed by atoms with Crippen molar-refractivity contribution in [2.75, 3.05) is 13.6 Å². The Morgan fingerprint density at radius 2 is 2.29 bits per heavy atom. The predicted octanol–water partition coefficient (Wildman–Crippen LogP) is -0.341. The minimum atomic E-state index is -0.609. The summed E-state index contributed by atoms with van der Waals surface area (Å²) in [5.41, 5.74) is 2.11. The van der Waals surface area contributed by atoms with Gasteiger partial charge in [-0.1, -0.05) is 0 Å². The fraction of sp³-hybridized carbons (Fsp3) is 0.444. The molecule has 7 nitrogen and oxygen atoms in total. The van der Waals surface area contributed by atoms with Crippen LogP contribution in [0.4, 0.5) is 0 Å². The van der Waals surface area contributed by atoms with Crippen molar-refractivity contribution in [1.29, 1.82) is 0 Å². The second-order valence-electron chi connectivity index (χ2n) is 3.38. The van der Waals surface area contributed by atoms with Crippen molar-refractivity contribution in [3.63, 3.8) is 0 Å². The first-order chi connectivity index (χ1) is 8.08. The molecule has 0 aliphatic rings. The fourth-order valence-electron chi connectivity index (χ4n) is 1.18. The van der Waals surface area contributed by atoms with Gasteiger partial charge in [0.25, 0.3) is 5.91 Å². The number of nitrogens with one attached hydrogen (secondary N) is 3. The van der Waals surface area contributed by atoms with Crippen LogP contribution in [0, 0.1) is 0 Å². The van der Waals surface area contributed by atoms with E-state index < -0.39 is 5.91 Å². The Kier molecular flexibility index (Phi) is 5.01. The minimum absolute atomic E-state index is 0.152. The highest BCUT2D eigenvalue weighted by atomic mass is 32.1. The van der Waals surface area contributed by atoms with E-state index in [4.69, 9.17) is 5.21 Å². The molecule has 17 heavy (non-hydrogen) atoms. The van der Waals surface area contributed by atoms with E-state index in [-0.39, 0.29) is 23.4 Å². The molecule has 2 amide bonds. The van der Waals surface area contributed by atoms with E-state index in [1.807, 2.05) is 0 Å². The molecule has 1 unspecified atom stereocenters. The van der Waals surface area contributed by atoms with Crippen LogP contribution in [0.2, 0.25) is 0 Å². The van der Waals surface area contributed by atoms with Gasteiger partial charge in [-0.3, -0.25) is 14.8 Å². The normalized spacial score (nSPS) is 11.9. The third-order valence-electron chi connectivity index (χ3n) is 2.01. The van der Waals surface area contributed by atoms with Crippen LogP contribution in [0.5, 0.6) is 0 Å². The van der Waals surface area contributed by atoms with Crippen LogP contribution in [-0.4, -0.2) is 35.0 Å². The van der Waals surface area contributed by atoms with Gasteiger partial charge in [0.05, 0.1) is 18.3 Å². The second-order valence-corrected chi connectivity index (χ2v) is 4.18. The molecule has 1 rings (SSSR count). The van der Waals surface area contributed by atoms with E-state index in [0.717, 1.165) is 11.5 Å². The van der Waals surface area contributed by atoms with Gasteiger partial charge < -0.3 is 10.6 Å². The number of rotatable bonds is 5. The first kappa shape index (κ1) is 13.6. The molecule has 0 aliphatic heterocycles. The van der Waals surface area contributed by atoms with Crippen LogP contribution >= 0.6 is 11.5 Å². The molecule has 0 saturated heterocycles. The predicted molar refractivity (Wildman–Crippen MR) is 61.9 cm³/mol. The Morgan fingerprint density at radius 1 is 1.59 bits per heavy atom. The van der Waals surface area contributed by atoms with Crippen molar-refractivity contribution >= 4 is 23.3 Å². The highest BCUT2D eigenvalue weighted by Crippen LogP contribution is 2.16. The summed E-state index contributed by atoms with van der Waals surface area (Å²) >= 11 is 0.962. The quantitative estimate of drug-likeness (QED) is 0.427. The number of hydroxylamine groups is 1. The maximum atomic E-state index is 11.3. The topological polar surface area (TPSA) is 103 Å². The van der Waals surface area contributed by atoms with Crippen LogP contribution in [-0.2, 0) is 4.79 Å². The van der Waals surface area contributed by atoms with E-state index in [9.17, 15) is 9.59 Å². The van der Waals surface area contributed by atoms with Crippen LogP contribution < -0.4 is 16.1 Å². The highest BCUT2D eigenvalue weighted by molar-refractivity contribution is 7.08. The van der Waals surface area contributed by atoms with Crippen molar-refractivity contribution in [1.82, 2.24) is 20.5 Å². The summed E-state index contributed by atoms with van der Waals surface area (Å²) < 4.78 is 4.03. The molecule has 1 heterocycles. The standard InChI is InChI=1S/C9H14N4O3S/c1-5(11-8(14)4-10-2)6-3-7(17-13-6)9(15)12-16/h3,5,10,16H,4H2,1-2H3,(H,11,14)(H,12,15). The molecule has 0 bridgehead atoms. The van der Waals surface area contributed by atoms with Crippen molar-refractivity contribution in [3.05, 3.63) is 16.6 Å². The Labute approximate surface area is 102 Å². The molecule has 0 spiro atoms. The van der Waals surface area contributed by atoms with Gasteiger partial charge in [0.2, 0.25) is 5.91 Å². The third-order valence-corrected chi connectivity index (χ3v) is 2.81. The number of hydrogen-bond donors (Lipinski definition) is 4. The molecule has 0 aliphatic carbocycles. The van der Waals surface area contributed by atoms with Crippen LogP contribution in [0.1, 0.15) is 28.3 Å². The molecule has 0 saturated carbocycles. The zero-order chi connectivity index (χ0) is 12.8. The summed E-state index contributed by atoms with van der Waals surface area (Å²) in [6.45, 7) is 1.99. The average Bonchev–Trinajstić information content (AvgIpc) is 2.77. The van der Waals surface area contributed by atoms with E-state index in [1.165, 1.54) is 11.5 Å². The number of nitrogens with zero attached hydrogens (tertiary/aromatic N) is 1. The second kappa shape index (κ2) is 6.28. The first-order valence-electron chi connectivity index (χ1n) is 4.93. The maximum absolute atomic E-state index is 11.3. The summed E-state index contributed by atoms with van der Waals surface area (Å²) in [7, 11) is 1.68. The summed E-state index contributed by atoms with van der Waals surface area (Å²) in [5.74, 6) is -0.760. The maximum Gasteiger partial charge on any atom is 0.286 e. The molecule has 1 atom stereocenters. The third kappa shape index (κ3) is 3.77. The van der Waals surface area contributed by atoms with Gasteiger partial charge in [0, 0.05) is 0 Å². The summed E-state index contributed by atoms with van der Waals surface area (Å²) in [4.78, 5) is 22.7. The summed E-state index contributed by atoms with van der Waals surface area (Å²) in [6, 6.07) is 1.24. The lowest BCUT2D eigenvalue weighted by atomic mass is 10.2. The molecular weight excluding hydrogens is 244 g/mol. The zero-order valence-corrected chi connectivity index (χ0v) is 10.3. The Bertz CT molecular complexity index is 407. The zero-order valence-electron chi connectivity index (χ0n) is 9.48. The molecular formula is C9H14N4O3S. The monoisotopic (exact) mass is 258 g/mol. The molecule has 8 heteroatoms. The first-order valence-corrected chi connectivity index (χ1v) is 5.70. The Morgan fingerprint density at radius 3 is 2.88 bits per heavy atom. The number of aromatic nitrogens is 1. The van der Waals surface area contributed by atoms with Crippen molar-refractivity contribution < 1.29 is 14.8 Å². The lowest BCUT2D eigenvalue weighted by Gasteiger charge is -2.10. The van der Waals surface area contributed by atoms with Gasteiger partial charge >= 0.3 is 0 Å². The van der Waals surface area contributed by atoms with Crippen molar-refractivity contribution in [3.8, 4) is 0 Å². The molecule has 94 valence electrons. The van der Waals surface area contributed by atoms with Gasteiger partial charge in [0.15, 0.2) is 0 Å². The average molecular weight is 258 g/mol. The number of carbonyl (C=O) groups excluding carboxylic acids is 2. The van der Waals surface area contributed by atoms with E-state index in [1.54, 1.807) is 14.0 Å². The van der Waals surface area contributed by atoms with Crippen LogP contribution in [0.25, 0.3) is 0 Å². The van der Waals surface area contributed by atoms with Gasteiger partial charge in [-0.2, -0.15) is 4.37 Å². The van der Waals surface area contributed by atoms with Crippen molar-refractivity contribution in [2.24, 2.45) is 0 Å². The van der Waals surface area contributed by atoms with E-state index in [2.05, 4.69) is 15.0 Å². The number of amides is 2. The van der Waals surface area contributed by atoms with Gasteiger partial charge in [-0.25, -0.2) is 5.48 Å².